The molecule has 1 aliphatic rings. The summed E-state index contributed by atoms with van der Waals surface area (Å²) in [5.74, 6) is -1.79. The molecule has 150 valence electrons. The standard InChI is InChI=1S/C18H21F2N5O2S/c1-2-3-15-21-22-18(28)25(15)11-16(26)23-6-8-24(9-7-23)17(27)12-4-5-13(19)14(20)10-12/h4-5,10H,2-3,6-9,11H2,1H3,(H,22,28). The number of rotatable bonds is 5. The molecule has 1 aromatic carbocycles. The first-order valence-electron chi connectivity index (χ1n) is 9.07. The topological polar surface area (TPSA) is 74.2 Å². The predicted octanol–water partition coefficient (Wildman–Crippen LogP) is 2.16. The van der Waals surface area contributed by atoms with Gasteiger partial charge >= 0.3 is 0 Å². The average molecular weight is 409 g/mol. The molecule has 10 heteroatoms. The molecule has 2 aromatic rings. The van der Waals surface area contributed by atoms with Gasteiger partial charge in [-0.2, -0.15) is 5.10 Å². The van der Waals surface area contributed by atoms with Crippen molar-refractivity contribution in [2.75, 3.05) is 26.2 Å². The Labute approximate surface area is 165 Å². The molecule has 1 saturated heterocycles. The quantitative estimate of drug-likeness (QED) is 0.768. The summed E-state index contributed by atoms with van der Waals surface area (Å²) in [5.41, 5.74) is 0.0904. The molecule has 0 radical (unpaired) electrons. The average Bonchev–Trinajstić information content (AvgIpc) is 3.03. The smallest absolute Gasteiger partial charge is 0.254 e. The van der Waals surface area contributed by atoms with Gasteiger partial charge in [0.1, 0.15) is 12.4 Å². The van der Waals surface area contributed by atoms with Crippen molar-refractivity contribution < 1.29 is 18.4 Å². The fraction of sp³-hybridized carbons (Fsp3) is 0.444. The highest BCUT2D eigenvalue weighted by atomic mass is 32.1. The van der Waals surface area contributed by atoms with Gasteiger partial charge in [-0.15, -0.1) is 0 Å². The Hall–Kier alpha value is -2.62. The third kappa shape index (κ3) is 4.27. The number of piperazine rings is 1. The Kier molecular flexibility index (Phi) is 6.18. The summed E-state index contributed by atoms with van der Waals surface area (Å²) in [6.45, 7) is 3.49. The van der Waals surface area contributed by atoms with E-state index in [9.17, 15) is 18.4 Å². The van der Waals surface area contributed by atoms with Crippen molar-refractivity contribution in [1.29, 1.82) is 0 Å². The number of nitrogens with zero attached hydrogens (tertiary/aromatic N) is 4. The maximum atomic E-state index is 13.4. The van der Waals surface area contributed by atoms with Crippen molar-refractivity contribution in [2.45, 2.75) is 26.3 Å². The number of nitrogens with one attached hydrogen (secondary N) is 1. The van der Waals surface area contributed by atoms with Crippen LogP contribution >= 0.6 is 12.2 Å². The predicted molar refractivity (Wildman–Crippen MR) is 100 cm³/mol. The number of aromatic nitrogens is 3. The van der Waals surface area contributed by atoms with E-state index in [-0.39, 0.29) is 23.9 Å². The van der Waals surface area contributed by atoms with Crippen LogP contribution in [0.4, 0.5) is 8.78 Å². The number of carbonyl (C=O) groups excluding carboxylic acids is 2. The van der Waals surface area contributed by atoms with Crippen LogP contribution in [0.5, 0.6) is 0 Å². The molecule has 0 atom stereocenters. The highest BCUT2D eigenvalue weighted by Crippen LogP contribution is 2.13. The second-order valence-corrected chi connectivity index (χ2v) is 6.97. The fourth-order valence-electron chi connectivity index (χ4n) is 3.13. The summed E-state index contributed by atoms with van der Waals surface area (Å²) in [4.78, 5) is 28.3. The molecule has 0 unspecified atom stereocenters. The summed E-state index contributed by atoms with van der Waals surface area (Å²) in [6, 6.07) is 3.09. The molecule has 1 fully saturated rings. The first-order chi connectivity index (χ1) is 13.4. The SMILES string of the molecule is CCCc1n[nH]c(=S)n1CC(=O)N1CCN(C(=O)c2ccc(F)c(F)c2)CC1. The summed E-state index contributed by atoms with van der Waals surface area (Å²) < 4.78 is 28.5. The first kappa shape index (κ1) is 20.1. The van der Waals surface area contributed by atoms with Gasteiger partial charge in [0.2, 0.25) is 5.91 Å². The molecule has 0 aliphatic carbocycles. The van der Waals surface area contributed by atoms with Gasteiger partial charge in [-0.25, -0.2) is 8.78 Å². The summed E-state index contributed by atoms with van der Waals surface area (Å²) in [7, 11) is 0. The molecular weight excluding hydrogens is 388 g/mol. The molecule has 0 saturated carbocycles. The molecule has 1 aliphatic heterocycles. The van der Waals surface area contributed by atoms with Gasteiger partial charge in [0.15, 0.2) is 16.4 Å². The Morgan fingerprint density at radius 2 is 1.82 bits per heavy atom. The van der Waals surface area contributed by atoms with E-state index < -0.39 is 11.6 Å². The lowest BCUT2D eigenvalue weighted by atomic mass is 10.1. The van der Waals surface area contributed by atoms with Gasteiger partial charge in [-0.3, -0.25) is 19.3 Å². The Balaban J connectivity index is 1.60. The number of aromatic amines is 1. The van der Waals surface area contributed by atoms with Crippen LogP contribution in [0.15, 0.2) is 18.2 Å². The molecule has 1 N–H and O–H groups in total. The zero-order valence-electron chi connectivity index (χ0n) is 15.5. The molecule has 0 bridgehead atoms. The molecular formula is C18H21F2N5O2S. The van der Waals surface area contributed by atoms with Gasteiger partial charge in [-0.1, -0.05) is 6.92 Å². The Morgan fingerprint density at radius 3 is 2.46 bits per heavy atom. The number of amides is 2. The molecule has 1 aromatic heterocycles. The van der Waals surface area contributed by atoms with Crippen molar-refractivity contribution in [3.05, 3.63) is 46.0 Å². The molecule has 2 heterocycles. The fourth-order valence-corrected chi connectivity index (χ4v) is 3.35. The van der Waals surface area contributed by atoms with Crippen LogP contribution < -0.4 is 0 Å². The molecule has 0 spiro atoms. The first-order valence-corrected chi connectivity index (χ1v) is 9.47. The summed E-state index contributed by atoms with van der Waals surface area (Å²) in [5, 5.41) is 6.86. The van der Waals surface area contributed by atoms with Crippen LogP contribution in [0, 0.1) is 16.4 Å². The third-order valence-electron chi connectivity index (χ3n) is 4.69. The monoisotopic (exact) mass is 409 g/mol. The van der Waals surface area contributed by atoms with E-state index >= 15 is 0 Å². The molecule has 2 amide bonds. The highest BCUT2D eigenvalue weighted by molar-refractivity contribution is 7.71. The van der Waals surface area contributed by atoms with Crippen molar-refractivity contribution in [2.24, 2.45) is 0 Å². The van der Waals surface area contributed by atoms with E-state index in [1.165, 1.54) is 11.0 Å². The minimum atomic E-state index is -1.06. The lowest BCUT2D eigenvalue weighted by Crippen LogP contribution is -2.51. The summed E-state index contributed by atoms with van der Waals surface area (Å²) in [6.07, 6.45) is 1.61. The molecule has 3 rings (SSSR count). The van der Waals surface area contributed by atoms with Gasteiger partial charge in [0.25, 0.3) is 5.91 Å². The molecule has 7 nitrogen and oxygen atoms in total. The van der Waals surface area contributed by atoms with E-state index in [2.05, 4.69) is 10.2 Å². The van der Waals surface area contributed by atoms with E-state index in [1.54, 1.807) is 9.47 Å². The zero-order chi connectivity index (χ0) is 20.3. The maximum Gasteiger partial charge on any atom is 0.254 e. The lowest BCUT2D eigenvalue weighted by molar-refractivity contribution is -0.133. The summed E-state index contributed by atoms with van der Waals surface area (Å²) >= 11 is 5.20. The Bertz CT molecular complexity index is 934. The van der Waals surface area contributed by atoms with Gasteiger partial charge in [0, 0.05) is 38.2 Å². The second-order valence-electron chi connectivity index (χ2n) is 6.58. The van der Waals surface area contributed by atoms with E-state index in [0.717, 1.165) is 30.8 Å². The number of hydrogen-bond donors (Lipinski definition) is 1. The van der Waals surface area contributed by atoms with E-state index in [4.69, 9.17) is 12.2 Å². The van der Waals surface area contributed by atoms with Crippen LogP contribution in [-0.4, -0.2) is 62.6 Å². The van der Waals surface area contributed by atoms with E-state index in [0.29, 0.717) is 31.0 Å². The van der Waals surface area contributed by atoms with Gasteiger partial charge in [0.05, 0.1) is 0 Å². The third-order valence-corrected chi connectivity index (χ3v) is 5.00. The highest BCUT2D eigenvalue weighted by Gasteiger charge is 2.26. The van der Waals surface area contributed by atoms with Crippen LogP contribution in [-0.2, 0) is 17.8 Å². The van der Waals surface area contributed by atoms with Gasteiger partial charge in [-0.05, 0) is 36.8 Å². The largest absolute Gasteiger partial charge is 0.338 e. The van der Waals surface area contributed by atoms with Crippen LogP contribution in [0.2, 0.25) is 0 Å². The minimum absolute atomic E-state index is 0.0904. The van der Waals surface area contributed by atoms with Crippen molar-refractivity contribution in [3.63, 3.8) is 0 Å². The van der Waals surface area contributed by atoms with Crippen LogP contribution in [0.1, 0.15) is 29.5 Å². The number of benzene rings is 1. The number of H-pyrrole nitrogens is 1. The zero-order valence-corrected chi connectivity index (χ0v) is 16.3. The molecule has 28 heavy (non-hydrogen) atoms. The maximum absolute atomic E-state index is 13.4. The number of carbonyl (C=O) groups is 2. The number of hydrogen-bond acceptors (Lipinski definition) is 4. The van der Waals surface area contributed by atoms with Crippen molar-refractivity contribution >= 4 is 24.0 Å². The number of halogens is 2. The minimum Gasteiger partial charge on any atom is -0.338 e. The van der Waals surface area contributed by atoms with Crippen LogP contribution in [0.3, 0.4) is 0 Å². The normalized spacial score (nSPS) is 14.4. The Morgan fingerprint density at radius 1 is 1.14 bits per heavy atom. The second kappa shape index (κ2) is 8.59. The van der Waals surface area contributed by atoms with Crippen molar-refractivity contribution in [1.82, 2.24) is 24.6 Å². The van der Waals surface area contributed by atoms with Gasteiger partial charge < -0.3 is 9.80 Å². The van der Waals surface area contributed by atoms with Crippen LogP contribution in [0.25, 0.3) is 0 Å². The van der Waals surface area contributed by atoms with E-state index in [1.807, 2.05) is 6.92 Å². The lowest BCUT2D eigenvalue weighted by Gasteiger charge is -2.35. The van der Waals surface area contributed by atoms with Crippen molar-refractivity contribution in [3.8, 4) is 0 Å². The number of aryl methyl sites for hydroxylation is 1.